The third-order valence-corrected chi connectivity index (χ3v) is 5.09. The predicted octanol–water partition coefficient (Wildman–Crippen LogP) is 4.98. The quantitative estimate of drug-likeness (QED) is 0.842. The Morgan fingerprint density at radius 1 is 1.19 bits per heavy atom. The average molecular weight is 354 g/mol. The first-order valence-electron chi connectivity index (χ1n) is 9.52. The Hall–Kier alpha value is -2.23. The van der Waals surface area contributed by atoms with Crippen LogP contribution in [-0.2, 0) is 5.41 Å². The average Bonchev–Trinajstić information content (AvgIpc) is 3.24. The van der Waals surface area contributed by atoms with E-state index in [0.717, 1.165) is 24.4 Å². The number of nitrogens with one attached hydrogen (secondary N) is 1. The van der Waals surface area contributed by atoms with Crippen molar-refractivity contribution in [3.63, 3.8) is 0 Å². The topological polar surface area (TPSA) is 45.5 Å². The molecule has 2 aromatic rings. The largest absolute Gasteiger partial charge is 0.465 e. The second-order valence-electron chi connectivity index (χ2n) is 8.31. The van der Waals surface area contributed by atoms with Crippen molar-refractivity contribution in [3.8, 4) is 0 Å². The van der Waals surface area contributed by atoms with Crippen LogP contribution in [0.15, 0.2) is 34.7 Å². The van der Waals surface area contributed by atoms with Crippen LogP contribution >= 0.6 is 0 Å². The Labute approximate surface area is 156 Å². The molecule has 1 aromatic carbocycles. The monoisotopic (exact) mass is 354 g/mol. The van der Waals surface area contributed by atoms with E-state index in [1.54, 1.807) is 0 Å². The molecule has 1 aliphatic heterocycles. The second-order valence-corrected chi connectivity index (χ2v) is 8.31. The van der Waals surface area contributed by atoms with Crippen molar-refractivity contribution in [2.45, 2.75) is 58.9 Å². The molecule has 4 nitrogen and oxygen atoms in total. The highest BCUT2D eigenvalue weighted by Gasteiger charge is 2.24. The maximum atomic E-state index is 12.7. The molecule has 1 fully saturated rings. The summed E-state index contributed by atoms with van der Waals surface area (Å²) < 4.78 is 5.81. The van der Waals surface area contributed by atoms with Gasteiger partial charge in [0.1, 0.15) is 11.5 Å². The predicted molar refractivity (Wildman–Crippen MR) is 106 cm³/mol. The molecule has 0 saturated carbocycles. The first-order chi connectivity index (χ1) is 12.3. The fourth-order valence-electron chi connectivity index (χ4n) is 3.40. The highest BCUT2D eigenvalue weighted by molar-refractivity contribution is 5.95. The minimum Gasteiger partial charge on any atom is -0.465 e. The van der Waals surface area contributed by atoms with Gasteiger partial charge in [0.05, 0.1) is 11.6 Å². The van der Waals surface area contributed by atoms with E-state index in [1.807, 2.05) is 19.9 Å². The first kappa shape index (κ1) is 18.6. The summed E-state index contributed by atoms with van der Waals surface area (Å²) in [7, 11) is 0. The van der Waals surface area contributed by atoms with Crippen LogP contribution in [0.25, 0.3) is 0 Å². The van der Waals surface area contributed by atoms with Gasteiger partial charge in [-0.05, 0) is 50.5 Å². The Balaban J connectivity index is 1.73. The summed E-state index contributed by atoms with van der Waals surface area (Å²) in [5, 5.41) is 3.12. The first-order valence-corrected chi connectivity index (χ1v) is 9.52. The number of aryl methyl sites for hydroxylation is 1. The lowest BCUT2D eigenvalue weighted by molar-refractivity contribution is 0.0938. The molecule has 140 valence electrons. The van der Waals surface area contributed by atoms with Crippen LogP contribution in [0.2, 0.25) is 0 Å². The van der Waals surface area contributed by atoms with E-state index in [9.17, 15) is 4.79 Å². The third kappa shape index (κ3) is 3.95. The van der Waals surface area contributed by atoms with Gasteiger partial charge in [-0.1, -0.05) is 32.9 Å². The maximum Gasteiger partial charge on any atom is 0.255 e. The Morgan fingerprint density at radius 3 is 2.50 bits per heavy atom. The summed E-state index contributed by atoms with van der Waals surface area (Å²) in [5.74, 6) is 1.43. The van der Waals surface area contributed by atoms with Gasteiger partial charge in [0, 0.05) is 24.2 Å². The summed E-state index contributed by atoms with van der Waals surface area (Å²) in [4.78, 5) is 15.2. The molecule has 1 amide bonds. The summed E-state index contributed by atoms with van der Waals surface area (Å²) >= 11 is 0. The third-order valence-electron chi connectivity index (χ3n) is 5.09. The van der Waals surface area contributed by atoms with Crippen molar-refractivity contribution in [3.05, 3.63) is 53.0 Å². The SMILES string of the molecule is Cc1oc(C(C)(C)C)cc1C(=O)NC(C)c1cccc(N2CCCC2)c1. The van der Waals surface area contributed by atoms with E-state index in [4.69, 9.17) is 4.42 Å². The number of hydrogen-bond acceptors (Lipinski definition) is 3. The lowest BCUT2D eigenvalue weighted by Gasteiger charge is -2.20. The van der Waals surface area contributed by atoms with Crippen LogP contribution < -0.4 is 10.2 Å². The highest BCUT2D eigenvalue weighted by Crippen LogP contribution is 2.28. The molecule has 1 saturated heterocycles. The van der Waals surface area contributed by atoms with E-state index in [0.29, 0.717) is 11.3 Å². The Bertz CT molecular complexity index is 780. The van der Waals surface area contributed by atoms with Crippen LogP contribution in [0.1, 0.15) is 74.0 Å². The molecule has 0 aliphatic carbocycles. The molecule has 2 heterocycles. The van der Waals surface area contributed by atoms with E-state index < -0.39 is 0 Å². The number of benzene rings is 1. The zero-order valence-corrected chi connectivity index (χ0v) is 16.6. The zero-order valence-electron chi connectivity index (χ0n) is 16.6. The van der Waals surface area contributed by atoms with Gasteiger partial charge in [0.25, 0.3) is 5.91 Å². The van der Waals surface area contributed by atoms with E-state index in [-0.39, 0.29) is 17.4 Å². The second kappa shape index (κ2) is 7.18. The Kier molecular flexibility index (Phi) is 5.12. The molecule has 0 spiro atoms. The van der Waals surface area contributed by atoms with Crippen LogP contribution in [0, 0.1) is 6.92 Å². The van der Waals surface area contributed by atoms with Crippen molar-refractivity contribution >= 4 is 11.6 Å². The lowest BCUT2D eigenvalue weighted by atomic mass is 9.93. The molecule has 1 aliphatic rings. The maximum absolute atomic E-state index is 12.7. The van der Waals surface area contributed by atoms with Gasteiger partial charge < -0.3 is 14.6 Å². The minimum absolute atomic E-state index is 0.0579. The molecule has 1 unspecified atom stereocenters. The molecular weight excluding hydrogens is 324 g/mol. The van der Waals surface area contributed by atoms with Crippen molar-refractivity contribution in [1.82, 2.24) is 5.32 Å². The standard InChI is InChI=1S/C22H30N2O2/c1-15(17-9-8-10-18(13-17)24-11-6-7-12-24)23-21(25)19-14-20(22(3,4)5)26-16(19)2/h8-10,13-15H,6-7,11-12H2,1-5H3,(H,23,25). The number of anilines is 1. The van der Waals surface area contributed by atoms with Gasteiger partial charge >= 0.3 is 0 Å². The minimum atomic E-state index is -0.112. The molecule has 4 heteroatoms. The molecule has 3 rings (SSSR count). The van der Waals surface area contributed by atoms with Gasteiger partial charge in [0.2, 0.25) is 0 Å². The molecule has 0 bridgehead atoms. The van der Waals surface area contributed by atoms with Crippen LogP contribution in [0.3, 0.4) is 0 Å². The number of carbonyl (C=O) groups excluding carboxylic acids is 1. The highest BCUT2D eigenvalue weighted by atomic mass is 16.3. The fraction of sp³-hybridized carbons (Fsp3) is 0.500. The van der Waals surface area contributed by atoms with Gasteiger partial charge in [-0.2, -0.15) is 0 Å². The summed E-state index contributed by atoms with van der Waals surface area (Å²) in [6.07, 6.45) is 2.51. The zero-order chi connectivity index (χ0) is 18.9. The lowest BCUT2D eigenvalue weighted by Crippen LogP contribution is -2.27. The number of nitrogens with zero attached hydrogens (tertiary/aromatic N) is 1. The van der Waals surface area contributed by atoms with Gasteiger partial charge in [-0.15, -0.1) is 0 Å². The van der Waals surface area contributed by atoms with Gasteiger partial charge in [-0.3, -0.25) is 4.79 Å². The molecule has 0 radical (unpaired) electrons. The number of hydrogen-bond donors (Lipinski definition) is 1. The van der Waals surface area contributed by atoms with Crippen molar-refractivity contribution in [2.75, 3.05) is 18.0 Å². The molecule has 26 heavy (non-hydrogen) atoms. The summed E-state index contributed by atoms with van der Waals surface area (Å²) in [5.41, 5.74) is 2.88. The summed E-state index contributed by atoms with van der Waals surface area (Å²) in [6.45, 7) is 12.4. The number of furan rings is 1. The van der Waals surface area contributed by atoms with Crippen molar-refractivity contribution in [2.24, 2.45) is 0 Å². The summed E-state index contributed by atoms with van der Waals surface area (Å²) in [6, 6.07) is 10.3. The molecule has 1 N–H and O–H groups in total. The number of carbonyl (C=O) groups is 1. The fourth-order valence-corrected chi connectivity index (χ4v) is 3.40. The van der Waals surface area contributed by atoms with Gasteiger partial charge in [0.15, 0.2) is 0 Å². The van der Waals surface area contributed by atoms with Crippen LogP contribution in [0.5, 0.6) is 0 Å². The van der Waals surface area contributed by atoms with Crippen molar-refractivity contribution in [1.29, 1.82) is 0 Å². The van der Waals surface area contributed by atoms with Crippen LogP contribution in [-0.4, -0.2) is 19.0 Å². The molecule has 1 aromatic heterocycles. The van der Waals surface area contributed by atoms with Crippen molar-refractivity contribution < 1.29 is 9.21 Å². The van der Waals surface area contributed by atoms with Gasteiger partial charge in [-0.25, -0.2) is 0 Å². The molecule has 1 atom stereocenters. The smallest absolute Gasteiger partial charge is 0.255 e. The normalized spacial score (nSPS) is 16.0. The Morgan fingerprint density at radius 2 is 1.88 bits per heavy atom. The number of amides is 1. The van der Waals surface area contributed by atoms with E-state index in [2.05, 4.69) is 55.3 Å². The molecular formula is C22H30N2O2. The van der Waals surface area contributed by atoms with Crippen LogP contribution in [0.4, 0.5) is 5.69 Å². The van der Waals surface area contributed by atoms with E-state index in [1.165, 1.54) is 18.5 Å². The van der Waals surface area contributed by atoms with E-state index >= 15 is 0 Å². The number of rotatable bonds is 4.